The Labute approximate surface area is 262 Å². The van der Waals surface area contributed by atoms with Crippen LogP contribution in [-0.4, -0.2) is 26.5 Å². The fourth-order valence-corrected chi connectivity index (χ4v) is 10.4. The Morgan fingerprint density at radius 3 is 1.12 bits per heavy atom. The normalized spacial score (nSPS) is 15.4. The van der Waals surface area contributed by atoms with Crippen molar-refractivity contribution in [2.45, 2.75) is 25.7 Å². The van der Waals surface area contributed by atoms with Gasteiger partial charge in [0.2, 0.25) is 0 Å². The molecule has 1 radical (unpaired) electrons. The molecule has 215 valence electrons. The van der Waals surface area contributed by atoms with Crippen LogP contribution in [0.2, 0.25) is 0 Å². The summed E-state index contributed by atoms with van der Waals surface area (Å²) < 4.78 is 11.5. The molecule has 41 heavy (non-hydrogen) atoms. The van der Waals surface area contributed by atoms with E-state index in [9.17, 15) is 0 Å². The standard InChI is InChI=1S/C28H28O2P2.C8H12.Rh/c1-29-25-17-9-11-19-27(25)31(23-13-5-3-6-14-23)21-22-32(24-15-7-4-8-16-24)28-20-12-10-18-26(28)30-2;1-2-4-6-8-7-5-3-1;/h3-20H,21-22H2,1-2H3;1-2,7-8H,3-6H2;/b;2-1-,8-7-;/t31-,32-;;/m1../s1. The second-order valence-corrected chi connectivity index (χ2v) is 14.0. The van der Waals surface area contributed by atoms with Crippen LogP contribution in [0.4, 0.5) is 0 Å². The molecule has 0 aliphatic heterocycles. The van der Waals surface area contributed by atoms with Crippen molar-refractivity contribution in [3.8, 4) is 11.5 Å². The summed E-state index contributed by atoms with van der Waals surface area (Å²) in [6, 6.07) is 38.7. The van der Waals surface area contributed by atoms with Crippen LogP contribution in [0.3, 0.4) is 0 Å². The molecule has 2 atom stereocenters. The average molecular weight is 670 g/mol. The topological polar surface area (TPSA) is 18.5 Å². The molecular formula is C36H40O2P2Rh. The third kappa shape index (κ3) is 10.0. The van der Waals surface area contributed by atoms with Gasteiger partial charge in [0.25, 0.3) is 0 Å². The van der Waals surface area contributed by atoms with Crippen molar-refractivity contribution < 1.29 is 29.0 Å². The summed E-state index contributed by atoms with van der Waals surface area (Å²) in [5, 5.41) is 5.38. The molecule has 0 amide bonds. The number of hydrogen-bond donors (Lipinski definition) is 0. The summed E-state index contributed by atoms with van der Waals surface area (Å²) in [5.74, 6) is 1.95. The van der Waals surface area contributed by atoms with Crippen LogP contribution in [-0.2, 0) is 19.5 Å². The van der Waals surface area contributed by atoms with Crippen molar-refractivity contribution >= 4 is 37.1 Å². The monoisotopic (exact) mass is 669 g/mol. The summed E-state index contributed by atoms with van der Waals surface area (Å²) in [6.45, 7) is 0. The van der Waals surface area contributed by atoms with Crippen LogP contribution < -0.4 is 30.7 Å². The summed E-state index contributed by atoms with van der Waals surface area (Å²) in [7, 11) is 2.43. The molecule has 0 bridgehead atoms. The van der Waals surface area contributed by atoms with Gasteiger partial charge in [-0.3, -0.25) is 0 Å². The summed E-state index contributed by atoms with van der Waals surface area (Å²) in [4.78, 5) is 0. The largest absolute Gasteiger partial charge is 0.496 e. The van der Waals surface area contributed by atoms with Crippen molar-refractivity contribution in [3.63, 3.8) is 0 Å². The minimum atomic E-state index is -0.554. The first kappa shape index (κ1) is 33.0. The Hall–Kier alpha value is -2.56. The minimum Gasteiger partial charge on any atom is -0.496 e. The number of ether oxygens (including phenoxy) is 2. The van der Waals surface area contributed by atoms with E-state index in [1.165, 1.54) is 46.9 Å². The van der Waals surface area contributed by atoms with E-state index in [0.29, 0.717) is 0 Å². The van der Waals surface area contributed by atoms with Gasteiger partial charge in [-0.1, -0.05) is 121 Å². The third-order valence-corrected chi connectivity index (χ3v) is 12.2. The minimum absolute atomic E-state index is 0. The van der Waals surface area contributed by atoms with Crippen molar-refractivity contribution in [1.82, 2.24) is 0 Å². The van der Waals surface area contributed by atoms with Crippen LogP contribution in [0, 0.1) is 0 Å². The zero-order chi connectivity index (χ0) is 27.8. The van der Waals surface area contributed by atoms with Crippen LogP contribution in [0.5, 0.6) is 11.5 Å². The predicted molar refractivity (Wildman–Crippen MR) is 178 cm³/mol. The van der Waals surface area contributed by atoms with Gasteiger partial charge in [0, 0.05) is 30.1 Å². The molecule has 0 aromatic heterocycles. The van der Waals surface area contributed by atoms with Gasteiger partial charge in [-0.2, -0.15) is 0 Å². The molecule has 0 fully saturated rings. The van der Waals surface area contributed by atoms with Crippen LogP contribution >= 0.6 is 15.8 Å². The molecular weight excluding hydrogens is 629 g/mol. The molecule has 2 nitrogen and oxygen atoms in total. The molecule has 5 rings (SSSR count). The van der Waals surface area contributed by atoms with E-state index in [2.05, 4.69) is 121 Å². The molecule has 0 N–H and O–H groups in total. The Morgan fingerprint density at radius 2 is 0.780 bits per heavy atom. The van der Waals surface area contributed by atoms with E-state index in [0.717, 1.165) is 23.8 Å². The summed E-state index contributed by atoms with van der Waals surface area (Å²) >= 11 is 0. The second kappa shape index (κ2) is 18.8. The number of allylic oxidation sites excluding steroid dienone is 4. The van der Waals surface area contributed by atoms with E-state index in [4.69, 9.17) is 9.47 Å². The first-order valence-corrected chi connectivity index (χ1v) is 17.1. The van der Waals surface area contributed by atoms with Gasteiger partial charge in [-0.25, -0.2) is 0 Å². The fraction of sp³-hybridized carbons (Fsp3) is 0.222. The predicted octanol–water partition coefficient (Wildman–Crippen LogP) is 7.94. The average Bonchev–Trinajstić information content (AvgIpc) is 3.00. The van der Waals surface area contributed by atoms with E-state index < -0.39 is 15.8 Å². The van der Waals surface area contributed by atoms with Crippen LogP contribution in [0.25, 0.3) is 0 Å². The Bertz CT molecular complexity index is 1230. The molecule has 0 heterocycles. The van der Waals surface area contributed by atoms with Crippen molar-refractivity contribution in [2.24, 2.45) is 0 Å². The molecule has 4 aromatic carbocycles. The Balaban J connectivity index is 0.000000444. The SMILES string of the molecule is C1=C\CC/C=C\CC/1.COc1ccccc1[P@](CC[P@](c1ccccc1)c1ccccc1OC)c1ccccc1.[Rh]. The number of methoxy groups -OCH3 is 2. The maximum absolute atomic E-state index is 5.76. The second-order valence-electron chi connectivity index (χ2n) is 9.42. The van der Waals surface area contributed by atoms with Gasteiger partial charge < -0.3 is 9.47 Å². The van der Waals surface area contributed by atoms with Crippen LogP contribution in [0.15, 0.2) is 133 Å². The smallest absolute Gasteiger partial charge is 0.126 e. The van der Waals surface area contributed by atoms with Crippen molar-refractivity contribution in [2.75, 3.05) is 26.5 Å². The number of rotatable bonds is 9. The first-order valence-electron chi connectivity index (χ1n) is 14.0. The Kier molecular flexibility index (Phi) is 15.1. The quantitative estimate of drug-likeness (QED) is 0.102. The van der Waals surface area contributed by atoms with Gasteiger partial charge in [-0.15, -0.1) is 0 Å². The molecule has 1 aliphatic rings. The van der Waals surface area contributed by atoms with E-state index in [1.807, 2.05) is 12.1 Å². The van der Waals surface area contributed by atoms with Gasteiger partial charge in [0.15, 0.2) is 0 Å². The molecule has 0 saturated carbocycles. The summed E-state index contributed by atoms with van der Waals surface area (Å²) in [6.07, 6.45) is 16.2. The Morgan fingerprint density at radius 1 is 0.463 bits per heavy atom. The number of para-hydroxylation sites is 2. The zero-order valence-corrected chi connectivity index (χ0v) is 27.4. The van der Waals surface area contributed by atoms with Gasteiger partial charge in [0.1, 0.15) is 11.5 Å². The van der Waals surface area contributed by atoms with Gasteiger partial charge in [0.05, 0.1) is 14.2 Å². The van der Waals surface area contributed by atoms with Crippen LogP contribution in [0.1, 0.15) is 25.7 Å². The van der Waals surface area contributed by atoms with Gasteiger partial charge in [-0.05, 0) is 76.6 Å². The number of hydrogen-bond acceptors (Lipinski definition) is 2. The fourth-order valence-electron chi connectivity index (χ4n) is 4.75. The zero-order valence-electron chi connectivity index (χ0n) is 24.0. The molecule has 5 heteroatoms. The number of benzene rings is 4. The molecule has 4 aromatic rings. The maximum atomic E-state index is 5.76. The molecule has 0 unspecified atom stereocenters. The molecule has 0 saturated heterocycles. The van der Waals surface area contributed by atoms with E-state index in [1.54, 1.807) is 14.2 Å². The van der Waals surface area contributed by atoms with Crippen molar-refractivity contribution in [3.05, 3.63) is 133 Å². The van der Waals surface area contributed by atoms with E-state index in [-0.39, 0.29) is 19.5 Å². The maximum Gasteiger partial charge on any atom is 0.126 e. The first-order chi connectivity index (χ1) is 19.8. The summed E-state index contributed by atoms with van der Waals surface area (Å²) in [5.41, 5.74) is 0. The third-order valence-electron chi connectivity index (χ3n) is 6.77. The van der Waals surface area contributed by atoms with E-state index >= 15 is 0 Å². The molecule has 0 spiro atoms. The van der Waals surface area contributed by atoms with Crippen molar-refractivity contribution in [1.29, 1.82) is 0 Å². The van der Waals surface area contributed by atoms with Gasteiger partial charge >= 0.3 is 0 Å². The molecule has 1 aliphatic carbocycles.